The van der Waals surface area contributed by atoms with Gasteiger partial charge in [-0.05, 0) is 47.7 Å². The Morgan fingerprint density at radius 2 is 1.26 bits per heavy atom. The third-order valence-corrected chi connectivity index (χ3v) is 6.67. The molecule has 13 heteroatoms. The lowest BCUT2D eigenvalue weighted by atomic mass is 10.00. The molecule has 4 unspecified atom stereocenters. The van der Waals surface area contributed by atoms with Gasteiger partial charge in [0, 0.05) is 31.2 Å². The van der Waals surface area contributed by atoms with Gasteiger partial charge < -0.3 is 42.0 Å². The van der Waals surface area contributed by atoms with E-state index in [-0.39, 0.29) is 43.1 Å². The van der Waals surface area contributed by atoms with Crippen LogP contribution in [0.5, 0.6) is 11.5 Å². The maximum atomic E-state index is 13.5. The van der Waals surface area contributed by atoms with E-state index in [0.29, 0.717) is 16.8 Å². The number of carbonyl (C=O) groups excluding carboxylic acids is 3. The van der Waals surface area contributed by atoms with Crippen LogP contribution in [0, 0.1) is 5.92 Å². The highest BCUT2D eigenvalue weighted by molar-refractivity contribution is 5.94. The molecule has 1 heterocycles. The molecule has 0 spiro atoms. The number of aromatic nitrogens is 2. The average molecular weight is 595 g/mol. The van der Waals surface area contributed by atoms with Crippen molar-refractivity contribution < 1.29 is 34.5 Å². The van der Waals surface area contributed by atoms with Gasteiger partial charge in [0.05, 0.1) is 12.4 Å². The van der Waals surface area contributed by atoms with E-state index >= 15 is 0 Å². The summed E-state index contributed by atoms with van der Waals surface area (Å²) < 4.78 is 0. The Kier molecular flexibility index (Phi) is 11.6. The van der Waals surface area contributed by atoms with Gasteiger partial charge >= 0.3 is 5.97 Å². The second-order valence-corrected chi connectivity index (χ2v) is 10.8. The van der Waals surface area contributed by atoms with E-state index in [1.807, 2.05) is 13.8 Å². The Hall–Kier alpha value is -4.91. The van der Waals surface area contributed by atoms with Crippen molar-refractivity contribution >= 4 is 23.7 Å². The van der Waals surface area contributed by atoms with Crippen LogP contribution in [-0.2, 0) is 38.4 Å². The van der Waals surface area contributed by atoms with Crippen LogP contribution in [0.1, 0.15) is 37.1 Å². The van der Waals surface area contributed by atoms with Crippen molar-refractivity contribution in [3.8, 4) is 11.5 Å². The molecule has 0 fully saturated rings. The van der Waals surface area contributed by atoms with Crippen molar-refractivity contribution in [3.63, 3.8) is 0 Å². The first-order valence-electron chi connectivity index (χ1n) is 13.8. The van der Waals surface area contributed by atoms with Crippen molar-refractivity contribution in [2.45, 2.75) is 63.7 Å². The van der Waals surface area contributed by atoms with E-state index in [1.54, 1.807) is 30.5 Å². The smallest absolute Gasteiger partial charge is 0.326 e. The summed E-state index contributed by atoms with van der Waals surface area (Å²) >= 11 is 0. The predicted molar refractivity (Wildman–Crippen MR) is 157 cm³/mol. The summed E-state index contributed by atoms with van der Waals surface area (Å²) in [4.78, 5) is 58.7. The van der Waals surface area contributed by atoms with Gasteiger partial charge in [-0.15, -0.1) is 0 Å². The molecule has 0 saturated heterocycles. The van der Waals surface area contributed by atoms with Crippen LogP contribution in [0.15, 0.2) is 61.1 Å². The fourth-order valence-corrected chi connectivity index (χ4v) is 4.40. The quantitative estimate of drug-likeness (QED) is 0.124. The van der Waals surface area contributed by atoms with Gasteiger partial charge in [-0.1, -0.05) is 38.1 Å². The molecule has 3 rings (SSSR count). The number of hydrogen-bond acceptors (Lipinski definition) is 8. The minimum atomic E-state index is -1.33. The van der Waals surface area contributed by atoms with Gasteiger partial charge in [0.15, 0.2) is 0 Å². The molecule has 9 N–H and O–H groups in total. The molecule has 0 bridgehead atoms. The SMILES string of the molecule is CC(C)CC(NC(=O)C(N)Cc1cnc[nH]1)C(=O)NC(Cc1ccc(O)cc1)C(=O)NC(Cc1ccc(O)cc1)C(=O)O. The van der Waals surface area contributed by atoms with Crippen LogP contribution in [0.2, 0.25) is 0 Å². The number of carboxylic acids is 1. The van der Waals surface area contributed by atoms with Gasteiger partial charge in [0.1, 0.15) is 29.6 Å². The number of phenols is 2. The number of aliphatic carboxylic acids is 1. The summed E-state index contributed by atoms with van der Waals surface area (Å²) in [5.41, 5.74) is 7.87. The topological polar surface area (TPSA) is 220 Å². The van der Waals surface area contributed by atoms with E-state index in [9.17, 15) is 34.5 Å². The normalized spacial score (nSPS) is 13.9. The zero-order valence-corrected chi connectivity index (χ0v) is 24.0. The fraction of sp³-hybridized carbons (Fsp3) is 0.367. The first-order valence-corrected chi connectivity index (χ1v) is 13.8. The van der Waals surface area contributed by atoms with E-state index in [0.717, 1.165) is 0 Å². The number of carboxylic acid groups (broad SMARTS) is 1. The molecule has 0 radical (unpaired) electrons. The number of phenolic OH excluding ortho intramolecular Hbond substituents is 2. The molecule has 0 aliphatic rings. The number of carbonyl (C=O) groups is 4. The Morgan fingerprint density at radius 3 is 1.74 bits per heavy atom. The molecular weight excluding hydrogens is 556 g/mol. The number of hydrogen-bond donors (Lipinski definition) is 8. The number of aromatic hydroxyl groups is 2. The summed E-state index contributed by atoms with van der Waals surface area (Å²) in [5.74, 6) is -3.21. The van der Waals surface area contributed by atoms with Crippen molar-refractivity contribution in [1.82, 2.24) is 25.9 Å². The molecule has 43 heavy (non-hydrogen) atoms. The molecule has 4 atom stereocenters. The monoisotopic (exact) mass is 594 g/mol. The number of amides is 3. The van der Waals surface area contributed by atoms with Crippen LogP contribution in [0.25, 0.3) is 0 Å². The Bertz CT molecular complexity index is 1360. The van der Waals surface area contributed by atoms with Gasteiger partial charge in [-0.25, -0.2) is 9.78 Å². The molecule has 0 aliphatic heterocycles. The number of nitrogens with two attached hydrogens (primary N) is 1. The minimum absolute atomic E-state index is 0.00837. The lowest BCUT2D eigenvalue weighted by molar-refractivity contribution is -0.142. The number of rotatable bonds is 15. The summed E-state index contributed by atoms with van der Waals surface area (Å²) in [6.45, 7) is 3.75. The molecule has 13 nitrogen and oxygen atoms in total. The molecule has 1 aromatic heterocycles. The number of nitrogens with one attached hydrogen (secondary N) is 4. The molecular formula is C30H38N6O7. The predicted octanol–water partition coefficient (Wildman–Crippen LogP) is 0.761. The van der Waals surface area contributed by atoms with Gasteiger partial charge in [-0.2, -0.15) is 0 Å². The Labute approximate surface area is 248 Å². The second kappa shape index (κ2) is 15.4. The van der Waals surface area contributed by atoms with Gasteiger partial charge in [-0.3, -0.25) is 14.4 Å². The number of imidazole rings is 1. The Balaban J connectivity index is 1.78. The van der Waals surface area contributed by atoms with Crippen LogP contribution < -0.4 is 21.7 Å². The molecule has 0 saturated carbocycles. The summed E-state index contributed by atoms with van der Waals surface area (Å²) in [5, 5.41) is 36.9. The highest BCUT2D eigenvalue weighted by Gasteiger charge is 2.31. The highest BCUT2D eigenvalue weighted by atomic mass is 16.4. The van der Waals surface area contributed by atoms with Gasteiger partial charge in [0.2, 0.25) is 17.7 Å². The van der Waals surface area contributed by atoms with Crippen LogP contribution >= 0.6 is 0 Å². The zero-order chi connectivity index (χ0) is 31.5. The fourth-order valence-electron chi connectivity index (χ4n) is 4.40. The standard InChI is InChI=1S/C30H38N6O7/c1-17(2)11-24(34-27(39)23(31)14-20-15-32-16-33-20)28(40)35-25(12-18-3-7-21(37)8-4-18)29(41)36-26(30(42)43)13-19-5-9-22(38)10-6-19/h3-10,15-17,23-26,37-38H,11-14,31H2,1-2H3,(H,32,33)(H,34,39)(H,35,40)(H,36,41)(H,42,43). The Morgan fingerprint density at radius 1 is 0.767 bits per heavy atom. The largest absolute Gasteiger partial charge is 0.508 e. The van der Waals surface area contributed by atoms with E-state index < -0.39 is 47.9 Å². The molecule has 2 aromatic carbocycles. The molecule has 3 amide bonds. The van der Waals surface area contributed by atoms with E-state index in [2.05, 4.69) is 25.9 Å². The van der Waals surface area contributed by atoms with Crippen molar-refractivity contribution in [2.75, 3.05) is 0 Å². The average Bonchev–Trinajstić information content (AvgIpc) is 3.46. The van der Waals surface area contributed by atoms with Crippen molar-refractivity contribution in [3.05, 3.63) is 77.9 Å². The molecule has 230 valence electrons. The second-order valence-electron chi connectivity index (χ2n) is 10.8. The first kappa shape index (κ1) is 32.6. The number of aromatic amines is 1. The minimum Gasteiger partial charge on any atom is -0.508 e. The third-order valence-electron chi connectivity index (χ3n) is 6.67. The summed E-state index contributed by atoms with van der Waals surface area (Å²) in [6.07, 6.45) is 3.34. The number of H-pyrrole nitrogens is 1. The van der Waals surface area contributed by atoms with Crippen LogP contribution in [0.3, 0.4) is 0 Å². The first-order chi connectivity index (χ1) is 20.4. The lowest BCUT2D eigenvalue weighted by Crippen LogP contribution is -2.58. The van der Waals surface area contributed by atoms with Crippen molar-refractivity contribution in [2.24, 2.45) is 11.7 Å². The third kappa shape index (κ3) is 10.5. The lowest BCUT2D eigenvalue weighted by Gasteiger charge is -2.26. The number of nitrogens with zero attached hydrogens (tertiary/aromatic N) is 1. The van der Waals surface area contributed by atoms with E-state index in [1.165, 1.54) is 30.6 Å². The number of benzene rings is 2. The van der Waals surface area contributed by atoms with Crippen molar-refractivity contribution in [1.29, 1.82) is 0 Å². The molecule has 0 aliphatic carbocycles. The summed E-state index contributed by atoms with van der Waals surface area (Å²) in [6, 6.07) is 7.39. The van der Waals surface area contributed by atoms with Crippen LogP contribution in [0.4, 0.5) is 0 Å². The maximum Gasteiger partial charge on any atom is 0.326 e. The van der Waals surface area contributed by atoms with Crippen LogP contribution in [-0.4, -0.2) is 73.1 Å². The van der Waals surface area contributed by atoms with E-state index in [4.69, 9.17) is 5.73 Å². The summed E-state index contributed by atoms with van der Waals surface area (Å²) in [7, 11) is 0. The van der Waals surface area contributed by atoms with Gasteiger partial charge in [0.25, 0.3) is 0 Å². The maximum absolute atomic E-state index is 13.5. The zero-order valence-electron chi connectivity index (χ0n) is 24.0. The molecule has 3 aromatic rings. The highest BCUT2D eigenvalue weighted by Crippen LogP contribution is 2.14.